The lowest BCUT2D eigenvalue weighted by Crippen LogP contribution is -2.18. The molecule has 0 saturated heterocycles. The maximum atomic E-state index is 12.5. The first kappa shape index (κ1) is 22.3. The summed E-state index contributed by atoms with van der Waals surface area (Å²) in [7, 11) is 0. The zero-order valence-electron chi connectivity index (χ0n) is 18.5. The van der Waals surface area contributed by atoms with E-state index in [1.807, 2.05) is 36.4 Å². The third-order valence-electron chi connectivity index (χ3n) is 5.47. The predicted molar refractivity (Wildman–Crippen MR) is 140 cm³/mol. The van der Waals surface area contributed by atoms with E-state index in [4.69, 9.17) is 0 Å². The molecule has 0 atom stereocenters. The van der Waals surface area contributed by atoms with Gasteiger partial charge in [0, 0.05) is 38.3 Å². The number of hydrazone groups is 1. The number of fused-ring (bicyclic) bond motifs is 1. The Hall–Kier alpha value is -2.93. The largest absolute Gasteiger partial charge is 0.342 e. The number of nitrogens with one attached hydrogen (secondary N) is 1. The summed E-state index contributed by atoms with van der Waals surface area (Å²) >= 11 is 2.32. The van der Waals surface area contributed by atoms with Crippen molar-refractivity contribution in [2.75, 3.05) is 0 Å². The average Bonchev–Trinajstić information content (AvgIpc) is 3.12. The van der Waals surface area contributed by atoms with E-state index in [1.165, 1.54) is 14.7 Å². The van der Waals surface area contributed by atoms with Crippen LogP contribution in [0.2, 0.25) is 0 Å². The van der Waals surface area contributed by atoms with Crippen LogP contribution in [0.4, 0.5) is 0 Å². The normalized spacial score (nSPS) is 11.9. The number of nitrogens with zero attached hydrogens (tertiary/aromatic N) is 2. The van der Waals surface area contributed by atoms with Gasteiger partial charge in [0.25, 0.3) is 5.91 Å². The second-order valence-electron chi connectivity index (χ2n) is 8.88. The van der Waals surface area contributed by atoms with Crippen molar-refractivity contribution in [2.24, 2.45) is 5.10 Å². The third kappa shape index (κ3) is 5.10. The summed E-state index contributed by atoms with van der Waals surface area (Å²) in [5.74, 6) is -0.218. The molecule has 0 aliphatic carbocycles. The molecule has 4 nitrogen and oxygen atoms in total. The lowest BCUT2D eigenvalue weighted by Gasteiger charge is -2.18. The summed E-state index contributed by atoms with van der Waals surface area (Å²) in [5, 5.41) is 5.33. The minimum absolute atomic E-state index is 0.0551. The number of carbonyl (C=O) groups excluding carboxylic acids is 1. The summed E-state index contributed by atoms with van der Waals surface area (Å²) in [4.78, 5) is 12.5. The SMILES string of the molecule is CC(C)(C)c1ccc(C(=O)N/N=C\c2cn(Cc3ccc(I)cc3)c3ccccc23)cc1. The molecule has 3 aromatic carbocycles. The molecule has 162 valence electrons. The molecule has 1 heterocycles. The molecule has 0 spiro atoms. The Bertz CT molecular complexity index is 1260. The van der Waals surface area contributed by atoms with Gasteiger partial charge >= 0.3 is 0 Å². The van der Waals surface area contributed by atoms with Crippen molar-refractivity contribution < 1.29 is 4.79 Å². The number of amides is 1. The molecule has 0 unspecified atom stereocenters. The zero-order chi connectivity index (χ0) is 22.7. The maximum absolute atomic E-state index is 12.5. The van der Waals surface area contributed by atoms with Crippen LogP contribution in [0.1, 0.15) is 47.8 Å². The summed E-state index contributed by atoms with van der Waals surface area (Å²) in [6.07, 6.45) is 3.80. The van der Waals surface area contributed by atoms with Crippen molar-refractivity contribution in [2.45, 2.75) is 32.7 Å². The zero-order valence-corrected chi connectivity index (χ0v) is 20.6. The van der Waals surface area contributed by atoms with Crippen molar-refractivity contribution in [1.82, 2.24) is 9.99 Å². The van der Waals surface area contributed by atoms with Crippen LogP contribution < -0.4 is 5.43 Å². The molecule has 5 heteroatoms. The standard InChI is InChI=1S/C27H26IN3O/c1-27(2,3)22-12-10-20(11-13-22)26(32)30-29-16-21-18-31(25-7-5-4-6-24(21)25)17-19-8-14-23(28)15-9-19/h4-16,18H,17H2,1-3H3,(H,30,32)/b29-16-. The second-order valence-corrected chi connectivity index (χ2v) is 10.1. The van der Waals surface area contributed by atoms with Gasteiger partial charge in [-0.25, -0.2) is 5.43 Å². The van der Waals surface area contributed by atoms with E-state index < -0.39 is 0 Å². The second kappa shape index (κ2) is 9.28. The highest BCUT2D eigenvalue weighted by Gasteiger charge is 2.14. The van der Waals surface area contributed by atoms with Gasteiger partial charge in [0.1, 0.15) is 0 Å². The molecule has 1 N–H and O–H groups in total. The smallest absolute Gasteiger partial charge is 0.271 e. The Balaban J connectivity index is 1.51. The summed E-state index contributed by atoms with van der Waals surface area (Å²) in [6, 6.07) is 24.5. The monoisotopic (exact) mass is 535 g/mol. The van der Waals surface area contributed by atoms with Gasteiger partial charge in [-0.05, 0) is 69.5 Å². The lowest BCUT2D eigenvalue weighted by atomic mass is 9.87. The van der Waals surface area contributed by atoms with E-state index in [0.717, 1.165) is 23.0 Å². The fourth-order valence-corrected chi connectivity index (χ4v) is 4.00. The van der Waals surface area contributed by atoms with Crippen molar-refractivity contribution in [3.8, 4) is 0 Å². The minimum Gasteiger partial charge on any atom is -0.342 e. The van der Waals surface area contributed by atoms with E-state index in [9.17, 15) is 4.79 Å². The van der Waals surface area contributed by atoms with Crippen LogP contribution in [0.25, 0.3) is 10.9 Å². The van der Waals surface area contributed by atoms with Gasteiger partial charge in [-0.2, -0.15) is 5.10 Å². The molecule has 0 radical (unpaired) electrons. The summed E-state index contributed by atoms with van der Waals surface area (Å²) in [6.45, 7) is 7.24. The molecule has 4 rings (SSSR count). The van der Waals surface area contributed by atoms with Crippen LogP contribution in [0.3, 0.4) is 0 Å². The number of aromatic nitrogens is 1. The van der Waals surface area contributed by atoms with Gasteiger partial charge in [0.2, 0.25) is 0 Å². The number of para-hydroxylation sites is 1. The Kier molecular flexibility index (Phi) is 6.46. The Morgan fingerprint density at radius 3 is 2.38 bits per heavy atom. The molecule has 0 saturated carbocycles. The van der Waals surface area contributed by atoms with E-state index in [0.29, 0.717) is 5.56 Å². The fraction of sp³-hybridized carbons (Fsp3) is 0.185. The fourth-order valence-electron chi connectivity index (χ4n) is 3.64. The van der Waals surface area contributed by atoms with Gasteiger partial charge in [0.15, 0.2) is 0 Å². The van der Waals surface area contributed by atoms with Crippen molar-refractivity contribution in [3.63, 3.8) is 0 Å². The topological polar surface area (TPSA) is 46.4 Å². The molecule has 4 aromatic rings. The number of hydrogen-bond donors (Lipinski definition) is 1. The number of rotatable bonds is 5. The first-order valence-electron chi connectivity index (χ1n) is 10.6. The van der Waals surface area contributed by atoms with Gasteiger partial charge < -0.3 is 4.57 Å². The number of benzene rings is 3. The number of halogens is 1. The molecular weight excluding hydrogens is 509 g/mol. The van der Waals surface area contributed by atoms with Crippen LogP contribution in [0, 0.1) is 3.57 Å². The van der Waals surface area contributed by atoms with E-state index in [-0.39, 0.29) is 11.3 Å². The number of hydrogen-bond acceptors (Lipinski definition) is 2. The quantitative estimate of drug-likeness (QED) is 0.181. The maximum Gasteiger partial charge on any atom is 0.271 e. The minimum atomic E-state index is -0.218. The van der Waals surface area contributed by atoms with E-state index in [2.05, 4.69) is 101 Å². The highest BCUT2D eigenvalue weighted by Crippen LogP contribution is 2.23. The first-order chi connectivity index (χ1) is 15.3. The summed E-state index contributed by atoms with van der Waals surface area (Å²) < 4.78 is 3.44. The molecule has 0 bridgehead atoms. The van der Waals surface area contributed by atoms with Crippen LogP contribution in [-0.4, -0.2) is 16.7 Å². The highest BCUT2D eigenvalue weighted by molar-refractivity contribution is 14.1. The highest BCUT2D eigenvalue weighted by atomic mass is 127. The molecule has 0 aliphatic rings. The Labute approximate surface area is 202 Å². The van der Waals surface area contributed by atoms with E-state index in [1.54, 1.807) is 6.21 Å². The van der Waals surface area contributed by atoms with Gasteiger partial charge in [-0.1, -0.05) is 63.2 Å². The molecular formula is C27H26IN3O. The van der Waals surface area contributed by atoms with Gasteiger partial charge in [0.05, 0.1) is 6.21 Å². The van der Waals surface area contributed by atoms with Crippen molar-refractivity contribution >= 4 is 45.6 Å². The van der Waals surface area contributed by atoms with Crippen molar-refractivity contribution in [1.29, 1.82) is 0 Å². The third-order valence-corrected chi connectivity index (χ3v) is 6.19. The molecule has 1 amide bonds. The van der Waals surface area contributed by atoms with Crippen LogP contribution in [0.5, 0.6) is 0 Å². The lowest BCUT2D eigenvalue weighted by molar-refractivity contribution is 0.0955. The van der Waals surface area contributed by atoms with Crippen LogP contribution in [-0.2, 0) is 12.0 Å². The Morgan fingerprint density at radius 1 is 1.00 bits per heavy atom. The molecule has 0 fully saturated rings. The Morgan fingerprint density at radius 2 is 1.69 bits per heavy atom. The average molecular weight is 535 g/mol. The van der Waals surface area contributed by atoms with Gasteiger partial charge in [-0.15, -0.1) is 0 Å². The van der Waals surface area contributed by atoms with Gasteiger partial charge in [-0.3, -0.25) is 4.79 Å². The predicted octanol–water partition coefficient (Wildman–Crippen LogP) is 6.36. The number of carbonyl (C=O) groups is 1. The van der Waals surface area contributed by atoms with Crippen LogP contribution in [0.15, 0.2) is 84.1 Å². The molecule has 1 aromatic heterocycles. The molecule has 0 aliphatic heterocycles. The van der Waals surface area contributed by atoms with Crippen LogP contribution >= 0.6 is 22.6 Å². The van der Waals surface area contributed by atoms with E-state index >= 15 is 0 Å². The van der Waals surface area contributed by atoms with Crippen molar-refractivity contribution in [3.05, 3.63) is 105 Å². The molecule has 32 heavy (non-hydrogen) atoms. The first-order valence-corrected chi connectivity index (χ1v) is 11.7. The summed E-state index contributed by atoms with van der Waals surface area (Å²) in [5.41, 5.74) is 7.84.